The third-order valence-corrected chi connectivity index (χ3v) is 12.2. The molecule has 10 heteroatoms. The van der Waals surface area contributed by atoms with Crippen LogP contribution >= 0.6 is 0 Å². The monoisotopic (exact) mass is 667 g/mol. The van der Waals surface area contributed by atoms with E-state index in [0.717, 1.165) is 31.2 Å². The maximum atomic E-state index is 14.9. The summed E-state index contributed by atoms with van der Waals surface area (Å²) in [7, 11) is 0.438. The molecule has 2 bridgehead atoms. The average molecular weight is 668 g/mol. The first-order valence-corrected chi connectivity index (χ1v) is 18.2. The van der Waals surface area contributed by atoms with Crippen LogP contribution in [0.2, 0.25) is 0 Å². The zero-order valence-electron chi connectivity index (χ0n) is 30.5. The molecule has 0 aromatic carbocycles. The molecule has 0 radical (unpaired) electrons. The number of ketones is 1. The Kier molecular flexibility index (Phi) is 11.7. The molecule has 1 aliphatic heterocycles. The molecule has 1 spiro atoms. The molecule has 4 aliphatic rings. The summed E-state index contributed by atoms with van der Waals surface area (Å²) >= 11 is 0. The molecule has 0 saturated heterocycles. The van der Waals surface area contributed by atoms with Gasteiger partial charge in [0.05, 0.1) is 11.0 Å². The number of carbonyl (C=O) groups excluding carboxylic acids is 3. The quantitative estimate of drug-likeness (QED) is 0.0962. The van der Waals surface area contributed by atoms with Gasteiger partial charge in [0.2, 0.25) is 0 Å². The molecule has 4 rings (SSSR count). The molecule has 7 atom stereocenters. The highest BCUT2D eigenvalue weighted by Gasteiger charge is 2.73. The van der Waals surface area contributed by atoms with Crippen LogP contribution in [0.4, 0.5) is 0 Å². The number of allylic oxidation sites excluding steroid dienone is 2. The molecule has 1 heterocycles. The number of ether oxygens (including phenoxy) is 2. The molecule has 5 unspecified atom stereocenters. The summed E-state index contributed by atoms with van der Waals surface area (Å²) in [6, 6.07) is 0. The number of fused-ring (bicyclic) bond motifs is 1. The molecule has 3 aliphatic carbocycles. The number of unbranched alkanes of at least 4 members (excludes halogenated alkanes) is 6. The van der Waals surface area contributed by atoms with Crippen LogP contribution in [-0.2, 0) is 23.9 Å². The summed E-state index contributed by atoms with van der Waals surface area (Å²) in [5.41, 5.74) is -3.67. The van der Waals surface area contributed by atoms with Crippen molar-refractivity contribution in [3.8, 4) is 0 Å². The van der Waals surface area contributed by atoms with Crippen molar-refractivity contribution in [2.24, 2.45) is 27.6 Å². The fourth-order valence-electron chi connectivity index (χ4n) is 8.79. The van der Waals surface area contributed by atoms with Crippen LogP contribution in [0, 0.1) is 22.7 Å². The number of rotatable bonds is 14. The lowest BCUT2D eigenvalue weighted by Gasteiger charge is -2.48. The Morgan fingerprint density at radius 2 is 1.65 bits per heavy atom. The van der Waals surface area contributed by atoms with Crippen molar-refractivity contribution < 1.29 is 39.2 Å². The van der Waals surface area contributed by atoms with Crippen molar-refractivity contribution in [3.05, 3.63) is 34.3 Å². The minimum absolute atomic E-state index is 0.124. The molecule has 9 nitrogen and oxygen atoms in total. The Bertz CT molecular complexity index is 1400. The van der Waals surface area contributed by atoms with Gasteiger partial charge in [-0.15, -0.1) is 0 Å². The molecule has 0 amide bonds. The Morgan fingerprint density at radius 1 is 1.00 bits per heavy atom. The van der Waals surface area contributed by atoms with E-state index in [0.29, 0.717) is 37.1 Å². The Balaban J connectivity index is 1.69. The lowest BCUT2D eigenvalue weighted by molar-refractivity contribution is -0.192. The minimum atomic E-state index is -2.33. The zero-order chi connectivity index (χ0) is 35.7. The number of hydrogen-bond acceptors (Lipinski definition) is 9. The smallest absolute Gasteiger partial charge is 0.339 e. The van der Waals surface area contributed by atoms with Crippen LogP contribution in [0.1, 0.15) is 126 Å². The van der Waals surface area contributed by atoms with Gasteiger partial charge in [0, 0.05) is 23.5 Å². The highest BCUT2D eigenvalue weighted by molar-refractivity contribution is 6.53. The maximum Gasteiger partial charge on any atom is 0.339 e. The van der Waals surface area contributed by atoms with E-state index in [4.69, 9.17) is 9.47 Å². The number of esters is 2. The zero-order valence-corrected chi connectivity index (χ0v) is 30.5. The predicted octanol–water partition coefficient (Wildman–Crippen LogP) is 5.44. The van der Waals surface area contributed by atoms with Gasteiger partial charge in [-0.3, -0.25) is 9.59 Å². The Hall–Kier alpha value is -2.56. The Morgan fingerprint density at radius 3 is 2.27 bits per heavy atom. The van der Waals surface area contributed by atoms with Crippen molar-refractivity contribution in [2.45, 2.75) is 149 Å². The second-order valence-electron chi connectivity index (χ2n) is 15.4. The van der Waals surface area contributed by atoms with E-state index in [1.165, 1.54) is 19.3 Å². The van der Waals surface area contributed by atoms with Gasteiger partial charge in [0.15, 0.2) is 5.78 Å². The summed E-state index contributed by atoms with van der Waals surface area (Å²) in [4.78, 5) is 46.2. The summed E-state index contributed by atoms with van der Waals surface area (Å²) < 4.78 is 12.2. The van der Waals surface area contributed by atoms with Gasteiger partial charge in [0.25, 0.3) is 7.41 Å². The van der Waals surface area contributed by atoms with E-state index in [-0.39, 0.29) is 30.2 Å². The molecular weight excluding hydrogens is 609 g/mol. The first-order valence-electron chi connectivity index (χ1n) is 18.2. The van der Waals surface area contributed by atoms with Crippen molar-refractivity contribution in [3.63, 3.8) is 0 Å². The van der Waals surface area contributed by atoms with E-state index in [9.17, 15) is 29.7 Å². The van der Waals surface area contributed by atoms with Crippen LogP contribution < -0.4 is 0 Å². The van der Waals surface area contributed by atoms with E-state index < -0.39 is 58.7 Å². The number of aliphatic hydroxyl groups excluding tert-OH is 2. The third kappa shape index (κ3) is 6.30. The fraction of sp³-hybridized carbons (Fsp3) is 0.737. The van der Waals surface area contributed by atoms with Gasteiger partial charge in [-0.05, 0) is 56.6 Å². The molecular formula is C38H58BNO8. The topological polar surface area (TPSA) is 143 Å². The van der Waals surface area contributed by atoms with Gasteiger partial charge < -0.3 is 29.7 Å². The van der Waals surface area contributed by atoms with Gasteiger partial charge in [-0.2, -0.15) is 0 Å². The number of Topliss-reactive ketones (excluding diaryl/α,β-unsaturated/α-hetero) is 1. The van der Waals surface area contributed by atoms with Crippen LogP contribution in [0.3, 0.4) is 0 Å². The Labute approximate surface area is 287 Å². The van der Waals surface area contributed by atoms with Crippen molar-refractivity contribution in [1.82, 2.24) is 0 Å². The largest absolute Gasteiger partial charge is 0.459 e. The van der Waals surface area contributed by atoms with E-state index in [1.807, 2.05) is 41.5 Å². The molecule has 266 valence electrons. The molecule has 1 saturated carbocycles. The molecule has 3 N–H and O–H groups in total. The minimum Gasteiger partial charge on any atom is -0.459 e. The summed E-state index contributed by atoms with van der Waals surface area (Å²) in [6.07, 6.45) is 9.14. The molecule has 48 heavy (non-hydrogen) atoms. The standard InChI is InChI=1S/C38H58BNO8/c1-9-12-13-14-15-16-17-18-29(41)48-36(8)21-24(5)37-20-23(4)31(42)38(37,46)32(43)25(19-26(33(37)44)35(36,6)7)22-47-34(45)30-27(10-2)39-40-28(30)11-3/h19-20,24,26,31-32,39,42-43,46H,9-18,21-22H2,1-8H3/t24-,26?,31?,32?,36-,37?,38?/m1/s1. The lowest BCUT2D eigenvalue weighted by atomic mass is 9.59. The number of nitrogens with zero attached hydrogens (tertiary/aromatic N) is 1. The highest BCUT2D eigenvalue weighted by Crippen LogP contribution is 2.63. The summed E-state index contributed by atoms with van der Waals surface area (Å²) in [5, 5.41) is 36.0. The van der Waals surface area contributed by atoms with E-state index >= 15 is 0 Å². The fourth-order valence-corrected chi connectivity index (χ4v) is 8.79. The highest BCUT2D eigenvalue weighted by atomic mass is 16.6. The number of hydrogen-bond donors (Lipinski definition) is 3. The van der Waals surface area contributed by atoms with Crippen LogP contribution in [0.5, 0.6) is 0 Å². The first-order chi connectivity index (χ1) is 22.6. The number of aliphatic hydroxyl groups is 3. The second-order valence-corrected chi connectivity index (χ2v) is 15.4. The molecule has 0 aromatic heterocycles. The van der Waals surface area contributed by atoms with Crippen LogP contribution in [0.15, 0.2) is 39.2 Å². The van der Waals surface area contributed by atoms with Crippen LogP contribution in [0.25, 0.3) is 0 Å². The normalized spacial score (nSPS) is 34.0. The van der Waals surface area contributed by atoms with Crippen molar-refractivity contribution in [2.75, 3.05) is 6.61 Å². The molecule has 1 fully saturated rings. The van der Waals surface area contributed by atoms with Gasteiger partial charge >= 0.3 is 11.9 Å². The SMILES string of the molecule is CCCCCCCCCC(=O)O[C@]1(C)C[C@@H](C)C23C=C(C)C(O)C2(O)C(O)C(COC(=O)C2=C(CC)BN=C2CC)=CC(C3=O)C1(C)C. The van der Waals surface area contributed by atoms with Crippen LogP contribution in [-0.4, -0.2) is 76.2 Å². The van der Waals surface area contributed by atoms with E-state index in [2.05, 4.69) is 11.8 Å². The van der Waals surface area contributed by atoms with Gasteiger partial charge in [-0.1, -0.05) is 97.7 Å². The van der Waals surface area contributed by atoms with Crippen molar-refractivity contribution in [1.29, 1.82) is 0 Å². The summed E-state index contributed by atoms with van der Waals surface area (Å²) in [6.45, 7) is 14.7. The number of carbonyl (C=O) groups is 3. The first kappa shape index (κ1) is 38.3. The lowest BCUT2D eigenvalue weighted by Crippen LogP contribution is -2.65. The molecule has 0 aromatic rings. The van der Waals surface area contributed by atoms with Crippen molar-refractivity contribution >= 4 is 30.8 Å². The third-order valence-electron chi connectivity index (χ3n) is 12.2. The van der Waals surface area contributed by atoms with Gasteiger partial charge in [-0.25, -0.2) is 4.79 Å². The second kappa shape index (κ2) is 14.7. The van der Waals surface area contributed by atoms with Gasteiger partial charge in [0.1, 0.15) is 30.0 Å². The predicted molar refractivity (Wildman–Crippen MR) is 188 cm³/mol. The summed E-state index contributed by atoms with van der Waals surface area (Å²) in [5.74, 6) is -2.85. The van der Waals surface area contributed by atoms with E-state index in [1.54, 1.807) is 19.1 Å². The average Bonchev–Trinajstić information content (AvgIpc) is 3.53. The maximum absolute atomic E-state index is 14.9.